The van der Waals surface area contributed by atoms with E-state index in [9.17, 15) is 0 Å². The number of nitrogens with one attached hydrogen (secondary N) is 1. The summed E-state index contributed by atoms with van der Waals surface area (Å²) >= 11 is 0. The van der Waals surface area contributed by atoms with Crippen LogP contribution in [0.4, 0.5) is 0 Å². The average molecular weight is 226 g/mol. The highest BCUT2D eigenvalue weighted by atomic mass is 15.2. The summed E-state index contributed by atoms with van der Waals surface area (Å²) in [7, 11) is 0. The lowest BCUT2D eigenvalue weighted by Gasteiger charge is -2.43. The Morgan fingerprint density at radius 1 is 1.31 bits per heavy atom. The normalized spacial score (nSPS) is 29.6. The van der Waals surface area contributed by atoms with E-state index in [0.717, 1.165) is 18.5 Å². The van der Waals surface area contributed by atoms with E-state index in [1.54, 1.807) is 0 Å². The van der Waals surface area contributed by atoms with Crippen LogP contribution in [0.3, 0.4) is 0 Å². The second-order valence-electron chi connectivity index (χ2n) is 5.80. The van der Waals surface area contributed by atoms with Gasteiger partial charge in [-0.15, -0.1) is 0 Å². The maximum atomic E-state index is 3.67. The Hall–Kier alpha value is -0.0800. The molecule has 0 amide bonds. The van der Waals surface area contributed by atoms with Crippen molar-refractivity contribution >= 4 is 0 Å². The van der Waals surface area contributed by atoms with Crippen LogP contribution in [0, 0.1) is 5.92 Å². The summed E-state index contributed by atoms with van der Waals surface area (Å²) in [6.07, 6.45) is 4.04. The van der Waals surface area contributed by atoms with Gasteiger partial charge in [-0.1, -0.05) is 33.6 Å². The van der Waals surface area contributed by atoms with Crippen LogP contribution in [0.2, 0.25) is 0 Å². The van der Waals surface area contributed by atoms with Crippen molar-refractivity contribution < 1.29 is 0 Å². The monoisotopic (exact) mass is 226 g/mol. The summed E-state index contributed by atoms with van der Waals surface area (Å²) in [6, 6.07) is 2.13. The molecule has 1 saturated heterocycles. The molecule has 0 aromatic carbocycles. The fraction of sp³-hybridized carbons (Fsp3) is 1.00. The highest BCUT2D eigenvalue weighted by molar-refractivity contribution is 4.87. The summed E-state index contributed by atoms with van der Waals surface area (Å²) in [5.74, 6) is 0.744. The van der Waals surface area contributed by atoms with E-state index >= 15 is 0 Å². The molecule has 0 aliphatic carbocycles. The Labute approximate surface area is 102 Å². The minimum atomic E-state index is 0.681. The molecule has 3 unspecified atom stereocenters. The third kappa shape index (κ3) is 3.74. The zero-order chi connectivity index (χ0) is 12.1. The summed E-state index contributed by atoms with van der Waals surface area (Å²) < 4.78 is 0. The number of rotatable bonds is 5. The van der Waals surface area contributed by atoms with Gasteiger partial charge in [0.1, 0.15) is 0 Å². The number of piperazine rings is 1. The minimum Gasteiger partial charge on any atom is -0.311 e. The Balaban J connectivity index is 2.48. The van der Waals surface area contributed by atoms with Crippen molar-refractivity contribution in [2.75, 3.05) is 13.1 Å². The Kier molecular flexibility index (Phi) is 5.77. The van der Waals surface area contributed by atoms with Crippen molar-refractivity contribution in [1.29, 1.82) is 0 Å². The van der Waals surface area contributed by atoms with Crippen molar-refractivity contribution in [2.24, 2.45) is 5.92 Å². The number of unbranched alkanes of at least 4 members (excludes halogenated alkanes) is 1. The molecule has 2 nitrogen and oxygen atoms in total. The highest BCUT2D eigenvalue weighted by Crippen LogP contribution is 2.18. The molecule has 2 heteroatoms. The topological polar surface area (TPSA) is 15.3 Å². The van der Waals surface area contributed by atoms with Gasteiger partial charge in [0.05, 0.1) is 0 Å². The Bertz CT molecular complexity index is 191. The Morgan fingerprint density at radius 3 is 2.56 bits per heavy atom. The van der Waals surface area contributed by atoms with Crippen molar-refractivity contribution in [2.45, 2.75) is 72.0 Å². The first kappa shape index (κ1) is 14.0. The molecule has 1 rings (SSSR count). The van der Waals surface area contributed by atoms with Gasteiger partial charge in [0.2, 0.25) is 0 Å². The van der Waals surface area contributed by atoms with Crippen molar-refractivity contribution in [1.82, 2.24) is 10.2 Å². The van der Waals surface area contributed by atoms with Crippen LogP contribution in [0.5, 0.6) is 0 Å². The van der Waals surface area contributed by atoms with Crippen molar-refractivity contribution in [3.05, 3.63) is 0 Å². The first-order valence-electron chi connectivity index (χ1n) is 7.05. The second kappa shape index (κ2) is 6.61. The third-order valence-corrected chi connectivity index (χ3v) is 4.00. The SMILES string of the molecule is CCCCC(C)N1CC(C(C)C)NCC1C. The molecule has 16 heavy (non-hydrogen) atoms. The molecular weight excluding hydrogens is 196 g/mol. The van der Waals surface area contributed by atoms with Crippen LogP contribution < -0.4 is 5.32 Å². The zero-order valence-corrected chi connectivity index (χ0v) is 11.8. The molecule has 1 N–H and O–H groups in total. The van der Waals surface area contributed by atoms with Gasteiger partial charge in [0, 0.05) is 31.2 Å². The van der Waals surface area contributed by atoms with E-state index in [0.29, 0.717) is 12.1 Å². The van der Waals surface area contributed by atoms with Gasteiger partial charge in [0.25, 0.3) is 0 Å². The van der Waals surface area contributed by atoms with Crippen LogP contribution >= 0.6 is 0 Å². The molecule has 1 aliphatic rings. The maximum Gasteiger partial charge on any atom is 0.0218 e. The minimum absolute atomic E-state index is 0.681. The number of nitrogens with zero attached hydrogens (tertiary/aromatic N) is 1. The molecular formula is C14H30N2. The van der Waals surface area contributed by atoms with Crippen LogP contribution in [-0.2, 0) is 0 Å². The van der Waals surface area contributed by atoms with Gasteiger partial charge in [-0.05, 0) is 26.2 Å². The Morgan fingerprint density at radius 2 is 2.00 bits per heavy atom. The fourth-order valence-electron chi connectivity index (χ4n) is 2.64. The lowest BCUT2D eigenvalue weighted by molar-refractivity contribution is 0.0804. The summed E-state index contributed by atoms with van der Waals surface area (Å²) in [4.78, 5) is 2.71. The van der Waals surface area contributed by atoms with Crippen LogP contribution in [0.1, 0.15) is 53.9 Å². The predicted octanol–water partition coefficient (Wildman–Crippen LogP) is 2.88. The molecule has 0 spiro atoms. The third-order valence-electron chi connectivity index (χ3n) is 4.00. The molecule has 0 aromatic heterocycles. The molecule has 1 fully saturated rings. The lowest BCUT2D eigenvalue weighted by atomic mass is 9.97. The van der Waals surface area contributed by atoms with E-state index in [1.807, 2.05) is 0 Å². The molecule has 96 valence electrons. The van der Waals surface area contributed by atoms with E-state index < -0.39 is 0 Å². The van der Waals surface area contributed by atoms with Crippen LogP contribution in [0.25, 0.3) is 0 Å². The van der Waals surface area contributed by atoms with Gasteiger partial charge in [-0.25, -0.2) is 0 Å². The molecule has 0 aromatic rings. The summed E-state index contributed by atoms with van der Waals surface area (Å²) in [6.45, 7) is 14.1. The van der Waals surface area contributed by atoms with E-state index in [-0.39, 0.29) is 0 Å². The first-order chi connectivity index (χ1) is 7.56. The fourth-order valence-corrected chi connectivity index (χ4v) is 2.64. The smallest absolute Gasteiger partial charge is 0.0218 e. The first-order valence-corrected chi connectivity index (χ1v) is 7.05. The van der Waals surface area contributed by atoms with E-state index in [1.165, 1.54) is 25.8 Å². The van der Waals surface area contributed by atoms with Gasteiger partial charge in [-0.3, -0.25) is 4.90 Å². The molecule has 1 aliphatic heterocycles. The molecule has 3 atom stereocenters. The van der Waals surface area contributed by atoms with Crippen LogP contribution in [0.15, 0.2) is 0 Å². The lowest BCUT2D eigenvalue weighted by Crippen LogP contribution is -2.59. The van der Waals surface area contributed by atoms with E-state index in [4.69, 9.17) is 0 Å². The quantitative estimate of drug-likeness (QED) is 0.775. The highest BCUT2D eigenvalue weighted by Gasteiger charge is 2.29. The molecule has 1 heterocycles. The van der Waals surface area contributed by atoms with Crippen LogP contribution in [-0.4, -0.2) is 36.1 Å². The van der Waals surface area contributed by atoms with Gasteiger partial charge >= 0.3 is 0 Å². The van der Waals surface area contributed by atoms with E-state index in [2.05, 4.69) is 44.8 Å². The maximum absolute atomic E-state index is 3.67. The van der Waals surface area contributed by atoms with Gasteiger partial charge < -0.3 is 5.32 Å². The number of hydrogen-bond donors (Lipinski definition) is 1. The van der Waals surface area contributed by atoms with Gasteiger partial charge in [-0.2, -0.15) is 0 Å². The average Bonchev–Trinajstić information content (AvgIpc) is 2.26. The summed E-state index contributed by atoms with van der Waals surface area (Å²) in [5.41, 5.74) is 0. The van der Waals surface area contributed by atoms with Gasteiger partial charge in [0.15, 0.2) is 0 Å². The standard InChI is InChI=1S/C14H30N2/c1-6-7-8-12(4)16-10-14(11(2)3)15-9-13(16)5/h11-15H,6-10H2,1-5H3. The molecule has 0 radical (unpaired) electrons. The van der Waals surface area contributed by atoms with Crippen molar-refractivity contribution in [3.63, 3.8) is 0 Å². The summed E-state index contributed by atoms with van der Waals surface area (Å²) in [5, 5.41) is 3.67. The zero-order valence-electron chi connectivity index (χ0n) is 11.8. The predicted molar refractivity (Wildman–Crippen MR) is 71.8 cm³/mol. The molecule has 0 saturated carbocycles. The second-order valence-corrected chi connectivity index (χ2v) is 5.80. The number of hydrogen-bond acceptors (Lipinski definition) is 2. The molecule has 0 bridgehead atoms. The van der Waals surface area contributed by atoms with Crippen molar-refractivity contribution in [3.8, 4) is 0 Å². The largest absolute Gasteiger partial charge is 0.311 e.